The lowest BCUT2D eigenvalue weighted by Crippen LogP contribution is -2.39. The monoisotopic (exact) mass is 457 g/mol. The summed E-state index contributed by atoms with van der Waals surface area (Å²) in [6.07, 6.45) is 0. The van der Waals surface area contributed by atoms with Crippen LogP contribution in [0.1, 0.15) is 5.56 Å². The van der Waals surface area contributed by atoms with E-state index in [1.165, 1.54) is 35.6 Å². The first kappa shape index (κ1) is 23.3. The third kappa shape index (κ3) is 6.02. The number of aryl methyl sites for hydroxylation is 1. The maximum Gasteiger partial charge on any atom is 0.266 e. The first-order valence-electron chi connectivity index (χ1n) is 8.73. The van der Waals surface area contributed by atoms with Gasteiger partial charge in [-0.2, -0.15) is 0 Å². The molecule has 0 saturated carbocycles. The second-order valence-electron chi connectivity index (χ2n) is 6.66. The highest BCUT2D eigenvalue weighted by atomic mass is 35.5. The van der Waals surface area contributed by atoms with E-state index in [4.69, 9.17) is 16.3 Å². The van der Waals surface area contributed by atoms with Crippen molar-refractivity contribution in [1.82, 2.24) is 9.88 Å². The standard InChI is InChI=1S/C20H21ClFN3O2S.ClH/c1-13-10-14(21)11-17-19(13)23-20(28-17)25(9-8-24(2)3)18(26)12-27-16-6-4-15(22)5-7-16;/h4-7,10-11H,8-9,12H2,1-3H3;1H. The number of benzene rings is 2. The average molecular weight is 458 g/mol. The molecule has 3 rings (SSSR count). The highest BCUT2D eigenvalue weighted by Gasteiger charge is 2.21. The van der Waals surface area contributed by atoms with Crippen LogP contribution in [0.3, 0.4) is 0 Å². The smallest absolute Gasteiger partial charge is 0.266 e. The van der Waals surface area contributed by atoms with Crippen molar-refractivity contribution in [2.45, 2.75) is 6.92 Å². The maximum absolute atomic E-state index is 13.0. The lowest BCUT2D eigenvalue weighted by molar-refractivity contribution is -0.120. The van der Waals surface area contributed by atoms with Gasteiger partial charge in [0.05, 0.1) is 10.2 Å². The number of rotatable bonds is 7. The van der Waals surface area contributed by atoms with Crippen molar-refractivity contribution < 1.29 is 13.9 Å². The zero-order chi connectivity index (χ0) is 20.3. The van der Waals surface area contributed by atoms with Gasteiger partial charge >= 0.3 is 0 Å². The van der Waals surface area contributed by atoms with Crippen molar-refractivity contribution in [2.24, 2.45) is 0 Å². The van der Waals surface area contributed by atoms with Crippen molar-refractivity contribution in [3.05, 3.63) is 52.8 Å². The third-order valence-electron chi connectivity index (χ3n) is 4.12. The number of nitrogens with zero attached hydrogens (tertiary/aromatic N) is 3. The van der Waals surface area contributed by atoms with Crippen LogP contribution in [0.5, 0.6) is 5.75 Å². The summed E-state index contributed by atoms with van der Waals surface area (Å²) in [4.78, 5) is 21.2. The van der Waals surface area contributed by atoms with Gasteiger partial charge < -0.3 is 9.64 Å². The molecule has 1 heterocycles. The summed E-state index contributed by atoms with van der Waals surface area (Å²) >= 11 is 7.57. The summed E-state index contributed by atoms with van der Waals surface area (Å²) < 4.78 is 19.5. The van der Waals surface area contributed by atoms with E-state index in [-0.39, 0.29) is 30.7 Å². The topological polar surface area (TPSA) is 45.7 Å². The lowest BCUT2D eigenvalue weighted by atomic mass is 10.2. The van der Waals surface area contributed by atoms with Gasteiger partial charge in [0.1, 0.15) is 11.6 Å². The highest BCUT2D eigenvalue weighted by Crippen LogP contribution is 2.33. The third-order valence-corrected chi connectivity index (χ3v) is 5.36. The molecule has 9 heteroatoms. The number of carbonyl (C=O) groups excluding carboxylic acids is 1. The minimum atomic E-state index is -0.352. The van der Waals surface area contributed by atoms with Crippen molar-refractivity contribution in [2.75, 3.05) is 38.7 Å². The number of thiazole rings is 1. The van der Waals surface area contributed by atoms with Crippen LogP contribution in [-0.4, -0.2) is 49.6 Å². The molecule has 0 saturated heterocycles. The van der Waals surface area contributed by atoms with Crippen LogP contribution in [-0.2, 0) is 4.79 Å². The zero-order valence-corrected chi connectivity index (χ0v) is 18.7. The van der Waals surface area contributed by atoms with Crippen LogP contribution < -0.4 is 9.64 Å². The van der Waals surface area contributed by atoms with E-state index >= 15 is 0 Å². The molecular formula is C20H22Cl2FN3O2S. The predicted molar refractivity (Wildman–Crippen MR) is 119 cm³/mol. The Labute approximate surface area is 184 Å². The number of fused-ring (bicyclic) bond motifs is 1. The van der Waals surface area contributed by atoms with Gasteiger partial charge in [0.2, 0.25) is 0 Å². The summed E-state index contributed by atoms with van der Waals surface area (Å²) in [7, 11) is 3.89. The Bertz CT molecular complexity index is 980. The number of aromatic nitrogens is 1. The highest BCUT2D eigenvalue weighted by molar-refractivity contribution is 7.22. The molecule has 0 radical (unpaired) electrons. The van der Waals surface area contributed by atoms with Gasteiger partial charge in [0.25, 0.3) is 5.91 Å². The molecule has 0 fully saturated rings. The molecule has 156 valence electrons. The van der Waals surface area contributed by atoms with Gasteiger partial charge in [-0.1, -0.05) is 22.9 Å². The van der Waals surface area contributed by atoms with E-state index in [1.807, 2.05) is 38.1 Å². The van der Waals surface area contributed by atoms with E-state index in [9.17, 15) is 9.18 Å². The second-order valence-corrected chi connectivity index (χ2v) is 8.10. The Morgan fingerprint density at radius 2 is 1.90 bits per heavy atom. The summed E-state index contributed by atoms with van der Waals surface area (Å²) in [5.41, 5.74) is 1.80. The largest absolute Gasteiger partial charge is 0.484 e. The molecule has 0 unspecified atom stereocenters. The number of likely N-dealkylation sites (N-methyl/N-ethyl adjacent to an activating group) is 1. The Balaban J connectivity index is 0.00000300. The fourth-order valence-electron chi connectivity index (χ4n) is 2.64. The van der Waals surface area contributed by atoms with Crippen LogP contribution in [0.2, 0.25) is 5.02 Å². The number of halogens is 3. The average Bonchev–Trinajstić information content (AvgIpc) is 3.05. The minimum Gasteiger partial charge on any atom is -0.484 e. The van der Waals surface area contributed by atoms with Gasteiger partial charge in [-0.25, -0.2) is 9.37 Å². The molecule has 3 aromatic rings. The van der Waals surface area contributed by atoms with E-state index < -0.39 is 0 Å². The van der Waals surface area contributed by atoms with Gasteiger partial charge in [0, 0.05) is 18.1 Å². The fourth-order valence-corrected chi connectivity index (χ4v) is 4.10. The van der Waals surface area contributed by atoms with Crippen molar-refractivity contribution in [3.63, 3.8) is 0 Å². The summed E-state index contributed by atoms with van der Waals surface area (Å²) in [6, 6.07) is 9.30. The second kappa shape index (κ2) is 10.2. The summed E-state index contributed by atoms with van der Waals surface area (Å²) in [5, 5.41) is 1.25. The number of carbonyl (C=O) groups is 1. The quantitative estimate of drug-likeness (QED) is 0.511. The van der Waals surface area contributed by atoms with Gasteiger partial charge in [0.15, 0.2) is 11.7 Å². The lowest BCUT2D eigenvalue weighted by Gasteiger charge is -2.22. The van der Waals surface area contributed by atoms with Gasteiger partial charge in [-0.05, 0) is 63.0 Å². The summed E-state index contributed by atoms with van der Waals surface area (Å²) in [5.74, 6) is -0.127. The fraction of sp³-hybridized carbons (Fsp3) is 0.300. The predicted octanol–water partition coefficient (Wildman–Crippen LogP) is 4.79. The van der Waals surface area contributed by atoms with Crippen LogP contribution >= 0.6 is 35.3 Å². The first-order valence-corrected chi connectivity index (χ1v) is 9.93. The molecule has 1 amide bonds. The number of hydrogen-bond donors (Lipinski definition) is 0. The van der Waals surface area contributed by atoms with Crippen LogP contribution in [0.25, 0.3) is 10.2 Å². The number of ether oxygens (including phenoxy) is 1. The van der Waals surface area contributed by atoms with E-state index in [0.717, 1.165) is 15.8 Å². The van der Waals surface area contributed by atoms with Gasteiger partial charge in [-0.3, -0.25) is 9.69 Å². The van der Waals surface area contributed by atoms with Crippen molar-refractivity contribution in [1.29, 1.82) is 0 Å². The molecule has 0 aliphatic carbocycles. The molecule has 0 bridgehead atoms. The molecule has 29 heavy (non-hydrogen) atoms. The minimum absolute atomic E-state index is 0. The SMILES string of the molecule is Cc1cc(Cl)cc2sc(N(CCN(C)C)C(=O)COc3ccc(F)cc3)nc12.Cl. The van der Waals surface area contributed by atoms with Crippen LogP contribution in [0.15, 0.2) is 36.4 Å². The molecule has 0 spiro atoms. The van der Waals surface area contributed by atoms with Crippen LogP contribution in [0, 0.1) is 12.7 Å². The van der Waals surface area contributed by atoms with Crippen molar-refractivity contribution in [3.8, 4) is 5.75 Å². The zero-order valence-electron chi connectivity index (χ0n) is 16.3. The molecule has 0 N–H and O–H groups in total. The maximum atomic E-state index is 13.0. The number of anilines is 1. The number of hydrogen-bond acceptors (Lipinski definition) is 5. The Morgan fingerprint density at radius 3 is 2.55 bits per heavy atom. The molecular weight excluding hydrogens is 436 g/mol. The Hall–Kier alpha value is -1.93. The molecule has 0 aliphatic heterocycles. The van der Waals surface area contributed by atoms with Crippen LogP contribution in [0.4, 0.5) is 9.52 Å². The normalized spacial score (nSPS) is 10.8. The molecule has 2 aromatic carbocycles. The van der Waals surface area contributed by atoms with E-state index in [0.29, 0.717) is 29.0 Å². The molecule has 1 aromatic heterocycles. The number of amides is 1. The summed E-state index contributed by atoms with van der Waals surface area (Å²) in [6.45, 7) is 2.94. The van der Waals surface area contributed by atoms with E-state index in [2.05, 4.69) is 4.98 Å². The van der Waals surface area contributed by atoms with E-state index in [1.54, 1.807) is 4.90 Å². The Morgan fingerprint density at radius 1 is 1.21 bits per heavy atom. The first-order chi connectivity index (χ1) is 13.3. The van der Waals surface area contributed by atoms with Crippen molar-refractivity contribution >= 4 is 56.6 Å². The molecule has 0 atom stereocenters. The van der Waals surface area contributed by atoms with Gasteiger partial charge in [-0.15, -0.1) is 12.4 Å². The molecule has 5 nitrogen and oxygen atoms in total. The Kier molecular flexibility index (Phi) is 8.22. The molecule has 0 aliphatic rings.